The fourth-order valence-corrected chi connectivity index (χ4v) is 4.85. The number of ether oxygens (including phenoxy) is 1. The molecule has 0 heterocycles. The van der Waals surface area contributed by atoms with E-state index in [0.29, 0.717) is 29.1 Å². The number of nitrogens with zero attached hydrogens (tertiary/aromatic N) is 2. The number of nitrogens with two attached hydrogens (primary N) is 1. The molecule has 0 radical (unpaired) electrons. The van der Waals surface area contributed by atoms with E-state index in [1.807, 2.05) is 12.1 Å². The van der Waals surface area contributed by atoms with Gasteiger partial charge in [0.25, 0.3) is 5.91 Å². The molecule has 3 aromatic rings. The number of rotatable bonds is 13. The number of hydrogen-bond acceptors (Lipinski definition) is 5. The first-order valence-corrected chi connectivity index (χ1v) is 15.3. The van der Waals surface area contributed by atoms with E-state index in [9.17, 15) is 14.7 Å². The molecular formula is C36H46N4O4. The zero-order chi connectivity index (χ0) is 32.7. The zero-order valence-corrected chi connectivity index (χ0v) is 27.0. The second-order valence-corrected chi connectivity index (χ2v) is 12.5. The summed E-state index contributed by atoms with van der Waals surface area (Å²) in [6, 6.07) is 18.2. The van der Waals surface area contributed by atoms with E-state index in [0.717, 1.165) is 36.1 Å². The van der Waals surface area contributed by atoms with Gasteiger partial charge in [0.05, 0.1) is 23.0 Å². The van der Waals surface area contributed by atoms with Crippen LogP contribution in [0.4, 0.5) is 21.9 Å². The number of hydrogen-bond donors (Lipinski definition) is 3. The summed E-state index contributed by atoms with van der Waals surface area (Å²) in [5.41, 5.74) is 9.09. The van der Waals surface area contributed by atoms with Gasteiger partial charge in [0, 0.05) is 17.3 Å². The van der Waals surface area contributed by atoms with Crippen molar-refractivity contribution in [2.24, 2.45) is 5.73 Å². The van der Waals surface area contributed by atoms with Gasteiger partial charge in [-0.3, -0.25) is 9.69 Å². The van der Waals surface area contributed by atoms with Crippen LogP contribution in [-0.2, 0) is 15.6 Å². The van der Waals surface area contributed by atoms with Gasteiger partial charge in [0.2, 0.25) is 0 Å². The average Bonchev–Trinajstić information content (AvgIpc) is 3.00. The molecule has 0 aromatic heterocycles. The molecule has 0 spiro atoms. The molecule has 44 heavy (non-hydrogen) atoms. The molecule has 234 valence electrons. The van der Waals surface area contributed by atoms with Crippen molar-refractivity contribution in [1.82, 2.24) is 0 Å². The Bertz CT molecular complexity index is 1510. The lowest BCUT2D eigenvalue weighted by molar-refractivity contribution is -0.123. The van der Waals surface area contributed by atoms with Crippen molar-refractivity contribution in [3.8, 4) is 17.6 Å². The highest BCUT2D eigenvalue weighted by atomic mass is 16.5. The minimum absolute atomic E-state index is 0.00837. The monoisotopic (exact) mass is 598 g/mol. The number of primary amides is 1. The third-order valence-corrected chi connectivity index (χ3v) is 8.60. The van der Waals surface area contributed by atoms with Gasteiger partial charge < -0.3 is 20.9 Å². The Morgan fingerprint density at radius 2 is 1.64 bits per heavy atom. The van der Waals surface area contributed by atoms with Crippen molar-refractivity contribution in [3.63, 3.8) is 0 Å². The van der Waals surface area contributed by atoms with Gasteiger partial charge >= 0.3 is 6.03 Å². The molecule has 0 aliphatic rings. The highest BCUT2D eigenvalue weighted by Crippen LogP contribution is 2.39. The molecule has 0 fully saturated rings. The summed E-state index contributed by atoms with van der Waals surface area (Å²) in [7, 11) is 0. The summed E-state index contributed by atoms with van der Waals surface area (Å²) in [6.07, 6.45) is 3.37. The first kappa shape index (κ1) is 34.0. The van der Waals surface area contributed by atoms with Crippen molar-refractivity contribution in [2.75, 3.05) is 10.2 Å². The lowest BCUT2D eigenvalue weighted by Gasteiger charge is -2.31. The van der Waals surface area contributed by atoms with Crippen LogP contribution in [0.15, 0.2) is 60.7 Å². The summed E-state index contributed by atoms with van der Waals surface area (Å²) in [4.78, 5) is 27.1. The first-order valence-electron chi connectivity index (χ1n) is 15.3. The van der Waals surface area contributed by atoms with Gasteiger partial charge in [-0.05, 0) is 84.5 Å². The number of carbonyl (C=O) groups excluding carboxylic acids is 2. The van der Waals surface area contributed by atoms with Crippen molar-refractivity contribution < 1.29 is 19.4 Å². The lowest BCUT2D eigenvalue weighted by atomic mass is 9.76. The second-order valence-electron chi connectivity index (χ2n) is 12.5. The van der Waals surface area contributed by atoms with Crippen LogP contribution in [0.2, 0.25) is 0 Å². The highest BCUT2D eigenvalue weighted by molar-refractivity contribution is 6.01. The topological polar surface area (TPSA) is 129 Å². The van der Waals surface area contributed by atoms with Crippen LogP contribution in [0.3, 0.4) is 0 Å². The quantitative estimate of drug-likeness (QED) is 0.182. The number of benzene rings is 3. The van der Waals surface area contributed by atoms with Crippen LogP contribution < -0.4 is 20.7 Å². The Kier molecular flexibility index (Phi) is 11.1. The molecule has 0 saturated heterocycles. The second kappa shape index (κ2) is 14.3. The molecule has 1 atom stereocenters. The van der Waals surface area contributed by atoms with Crippen LogP contribution in [0.1, 0.15) is 97.3 Å². The molecule has 4 N–H and O–H groups in total. The minimum Gasteiger partial charge on any atom is -0.506 e. The van der Waals surface area contributed by atoms with E-state index in [-0.39, 0.29) is 28.2 Å². The van der Waals surface area contributed by atoms with Gasteiger partial charge in [0.1, 0.15) is 11.5 Å². The van der Waals surface area contributed by atoms with E-state index in [4.69, 9.17) is 15.7 Å². The van der Waals surface area contributed by atoms with Crippen molar-refractivity contribution in [3.05, 3.63) is 77.4 Å². The van der Waals surface area contributed by atoms with Crippen LogP contribution in [0.25, 0.3) is 0 Å². The normalized spacial score (nSPS) is 12.2. The maximum Gasteiger partial charge on any atom is 0.324 e. The smallest absolute Gasteiger partial charge is 0.324 e. The number of anilines is 3. The summed E-state index contributed by atoms with van der Waals surface area (Å²) in [6.45, 7) is 15.3. The van der Waals surface area contributed by atoms with Crippen LogP contribution in [0.5, 0.6) is 11.5 Å². The van der Waals surface area contributed by atoms with E-state index in [2.05, 4.69) is 65.9 Å². The van der Waals surface area contributed by atoms with Gasteiger partial charge in [0.15, 0.2) is 6.10 Å². The Morgan fingerprint density at radius 3 is 2.18 bits per heavy atom. The molecule has 3 amide bonds. The number of phenols is 1. The number of unbranched alkanes of at least 4 members (excludes halogenated alkanes) is 1. The van der Waals surface area contributed by atoms with E-state index in [1.165, 1.54) is 17.7 Å². The fourth-order valence-electron chi connectivity index (χ4n) is 4.85. The van der Waals surface area contributed by atoms with Gasteiger partial charge in [-0.25, -0.2) is 4.79 Å². The van der Waals surface area contributed by atoms with Crippen LogP contribution in [0, 0.1) is 11.3 Å². The van der Waals surface area contributed by atoms with E-state index >= 15 is 0 Å². The molecule has 0 bridgehead atoms. The summed E-state index contributed by atoms with van der Waals surface area (Å²) >= 11 is 0. The number of nitrogens with one attached hydrogen (secondary N) is 1. The molecule has 1 unspecified atom stereocenters. The summed E-state index contributed by atoms with van der Waals surface area (Å²) in [5, 5.41) is 22.8. The SMILES string of the molecule is CCCCC(Oc1ccc(C(C)(C)CC)cc1C(C)(C)CC)C(=O)Nc1ccc(N(C(N)=O)c2ccc(C#N)cc2)c(O)c1. The van der Waals surface area contributed by atoms with Crippen molar-refractivity contribution in [1.29, 1.82) is 5.26 Å². The number of phenolic OH excluding ortho intramolecular Hbond substituents is 1. The van der Waals surface area contributed by atoms with Gasteiger partial charge in [-0.15, -0.1) is 0 Å². The third kappa shape index (κ3) is 7.90. The largest absolute Gasteiger partial charge is 0.506 e. The Labute approximate surface area is 261 Å². The maximum absolute atomic E-state index is 13.6. The molecule has 0 aliphatic carbocycles. The summed E-state index contributed by atoms with van der Waals surface area (Å²) < 4.78 is 6.50. The van der Waals surface area contributed by atoms with E-state index < -0.39 is 12.1 Å². The predicted octanol–water partition coefficient (Wildman–Crippen LogP) is 8.43. The van der Waals surface area contributed by atoms with Gasteiger partial charge in [-0.2, -0.15) is 5.26 Å². The minimum atomic E-state index is -0.811. The molecule has 8 heteroatoms. The molecule has 3 aromatic carbocycles. The Hall–Kier alpha value is -4.51. The highest BCUT2D eigenvalue weighted by Gasteiger charge is 2.29. The average molecular weight is 599 g/mol. The molecule has 0 aliphatic heterocycles. The molecular weight excluding hydrogens is 552 g/mol. The van der Waals surface area contributed by atoms with Crippen LogP contribution in [-0.4, -0.2) is 23.1 Å². The third-order valence-electron chi connectivity index (χ3n) is 8.60. The lowest BCUT2D eigenvalue weighted by Crippen LogP contribution is -2.34. The Balaban J connectivity index is 1.91. The van der Waals surface area contributed by atoms with Crippen LogP contribution >= 0.6 is 0 Å². The first-order chi connectivity index (χ1) is 20.8. The molecule has 0 saturated carbocycles. The number of amides is 3. The number of urea groups is 1. The fraction of sp³-hybridized carbons (Fsp3) is 0.417. The predicted molar refractivity (Wildman–Crippen MR) is 177 cm³/mol. The number of nitriles is 1. The molecule has 8 nitrogen and oxygen atoms in total. The van der Waals surface area contributed by atoms with Gasteiger partial charge in [-0.1, -0.05) is 67.0 Å². The standard InChI is InChI=1S/C36H46N4O4/c1-8-11-12-32(44-31-20-15-25(35(4,5)9-2)21-28(31)36(6,7)10-3)33(42)39-26-16-19-29(30(41)22-26)40(34(38)43)27-17-13-24(23-37)14-18-27/h13-22,32,41H,8-12H2,1-7H3,(H2,38,43)(H,39,42). The number of carbonyl (C=O) groups is 2. The Morgan fingerprint density at radius 1 is 0.977 bits per heavy atom. The zero-order valence-electron chi connectivity index (χ0n) is 27.0. The molecule has 3 rings (SSSR count). The maximum atomic E-state index is 13.6. The summed E-state index contributed by atoms with van der Waals surface area (Å²) in [5.74, 6) is 0.113. The van der Waals surface area contributed by atoms with E-state index in [1.54, 1.807) is 30.3 Å². The van der Waals surface area contributed by atoms with Crippen molar-refractivity contribution in [2.45, 2.75) is 97.5 Å². The van der Waals surface area contributed by atoms with Crippen molar-refractivity contribution >= 4 is 29.0 Å². The number of aromatic hydroxyl groups is 1.